The zero-order valence-corrected chi connectivity index (χ0v) is 22.8. The molecule has 1 aliphatic heterocycles. The maximum atomic E-state index is 14.7. The minimum atomic E-state index is -0.699. The Labute approximate surface area is 228 Å². The van der Waals surface area contributed by atoms with Crippen LogP contribution in [0.4, 0.5) is 15.9 Å². The summed E-state index contributed by atoms with van der Waals surface area (Å²) in [6.45, 7) is 2.37. The van der Waals surface area contributed by atoms with Gasteiger partial charge in [0.25, 0.3) is 17.0 Å². The summed E-state index contributed by atoms with van der Waals surface area (Å²) in [4.78, 5) is 53.0. The second-order valence-corrected chi connectivity index (χ2v) is 10.3. The Morgan fingerprint density at radius 2 is 1.79 bits per heavy atom. The van der Waals surface area contributed by atoms with E-state index in [0.29, 0.717) is 22.3 Å². The third-order valence-electron chi connectivity index (χ3n) is 6.53. The Balaban J connectivity index is 1.78. The molecule has 10 nitrogen and oxygen atoms in total. The van der Waals surface area contributed by atoms with Gasteiger partial charge in [-0.25, -0.2) is 9.18 Å². The molecule has 4 aromatic rings. The van der Waals surface area contributed by atoms with Crippen molar-refractivity contribution in [2.45, 2.75) is 13.0 Å². The number of anilines is 2. The molecule has 2 aromatic heterocycles. The van der Waals surface area contributed by atoms with Gasteiger partial charge in [0.1, 0.15) is 17.0 Å². The maximum absolute atomic E-state index is 14.7. The average molecular weight is 631 g/mol. The van der Waals surface area contributed by atoms with Crippen LogP contribution in [0, 0.1) is 16.3 Å². The number of pyridine rings is 1. The molecule has 3 heterocycles. The van der Waals surface area contributed by atoms with Crippen LogP contribution in [0.2, 0.25) is 0 Å². The summed E-state index contributed by atoms with van der Waals surface area (Å²) in [5, 5.41) is 5.76. The summed E-state index contributed by atoms with van der Waals surface area (Å²) >= 11 is 1.98. The second kappa shape index (κ2) is 9.83. The Kier molecular flexibility index (Phi) is 6.69. The van der Waals surface area contributed by atoms with Crippen LogP contribution in [0.3, 0.4) is 0 Å². The summed E-state index contributed by atoms with van der Waals surface area (Å²) in [6.07, 6.45) is 0. The van der Waals surface area contributed by atoms with Gasteiger partial charge in [0, 0.05) is 28.8 Å². The minimum Gasteiger partial charge on any atom is -0.377 e. The first-order valence-electron chi connectivity index (χ1n) is 11.6. The van der Waals surface area contributed by atoms with E-state index in [4.69, 9.17) is 4.74 Å². The SMILES string of the molecule is Cc1c(=O)n(C)c(Nc2ccc(I)cc2F)c2c(=O)n(C)c(=O)n(-c3cccc(C(=O)NC4COC4)c3)c12. The van der Waals surface area contributed by atoms with Crippen LogP contribution >= 0.6 is 22.6 Å². The third kappa shape index (κ3) is 4.32. The Hall–Kier alpha value is -3.78. The largest absolute Gasteiger partial charge is 0.377 e. The number of benzene rings is 2. The van der Waals surface area contributed by atoms with Crippen LogP contribution in [0.5, 0.6) is 0 Å². The highest BCUT2D eigenvalue weighted by Gasteiger charge is 2.24. The van der Waals surface area contributed by atoms with Crippen LogP contribution in [-0.2, 0) is 18.8 Å². The van der Waals surface area contributed by atoms with Gasteiger partial charge in [-0.15, -0.1) is 0 Å². The van der Waals surface area contributed by atoms with Crippen molar-refractivity contribution in [1.82, 2.24) is 19.0 Å². The van der Waals surface area contributed by atoms with Gasteiger partial charge in [0.2, 0.25) is 0 Å². The molecule has 38 heavy (non-hydrogen) atoms. The number of carbonyl (C=O) groups is 1. The van der Waals surface area contributed by atoms with Gasteiger partial charge in [-0.2, -0.15) is 0 Å². The first kappa shape index (κ1) is 25.9. The van der Waals surface area contributed by atoms with E-state index in [1.165, 1.54) is 48.4 Å². The summed E-state index contributed by atoms with van der Waals surface area (Å²) in [7, 11) is 2.79. The Morgan fingerprint density at radius 1 is 1.05 bits per heavy atom. The molecular formula is C26H23FIN5O5. The highest BCUT2D eigenvalue weighted by Crippen LogP contribution is 2.27. The minimum absolute atomic E-state index is 0.0196. The fourth-order valence-electron chi connectivity index (χ4n) is 4.38. The number of hydrogen-bond acceptors (Lipinski definition) is 6. The van der Waals surface area contributed by atoms with Gasteiger partial charge >= 0.3 is 5.69 Å². The first-order valence-corrected chi connectivity index (χ1v) is 12.7. The predicted octanol–water partition coefficient (Wildman–Crippen LogP) is 2.31. The molecule has 0 saturated carbocycles. The first-order chi connectivity index (χ1) is 18.1. The fraction of sp³-hybridized carbons (Fsp3) is 0.231. The molecule has 1 saturated heterocycles. The van der Waals surface area contributed by atoms with E-state index < -0.39 is 22.6 Å². The van der Waals surface area contributed by atoms with Crippen LogP contribution in [0.1, 0.15) is 15.9 Å². The fourth-order valence-corrected chi connectivity index (χ4v) is 4.84. The number of aryl methyl sites for hydroxylation is 1. The molecule has 1 fully saturated rings. The van der Waals surface area contributed by atoms with Crippen LogP contribution < -0.4 is 27.4 Å². The molecule has 5 rings (SSSR count). The van der Waals surface area contributed by atoms with E-state index in [-0.39, 0.29) is 45.6 Å². The lowest BCUT2D eigenvalue weighted by Gasteiger charge is -2.26. The average Bonchev–Trinajstić information content (AvgIpc) is 2.87. The summed E-state index contributed by atoms with van der Waals surface area (Å²) in [5.74, 6) is -0.880. The topological polar surface area (TPSA) is 116 Å². The van der Waals surface area contributed by atoms with Crippen molar-refractivity contribution in [3.8, 4) is 5.69 Å². The van der Waals surface area contributed by atoms with Crippen molar-refractivity contribution in [2.24, 2.45) is 14.1 Å². The van der Waals surface area contributed by atoms with Crippen molar-refractivity contribution >= 4 is 50.9 Å². The highest BCUT2D eigenvalue weighted by atomic mass is 127. The molecule has 0 atom stereocenters. The molecule has 12 heteroatoms. The molecule has 0 unspecified atom stereocenters. The lowest BCUT2D eigenvalue weighted by atomic mass is 10.1. The molecule has 196 valence electrons. The number of fused-ring (bicyclic) bond motifs is 1. The predicted molar refractivity (Wildman–Crippen MR) is 149 cm³/mol. The van der Waals surface area contributed by atoms with Gasteiger partial charge in [-0.3, -0.25) is 28.1 Å². The van der Waals surface area contributed by atoms with Gasteiger partial charge in [-0.05, 0) is 65.9 Å². The molecule has 0 spiro atoms. The van der Waals surface area contributed by atoms with E-state index in [9.17, 15) is 23.6 Å². The number of amides is 1. The number of hydrogen-bond donors (Lipinski definition) is 2. The van der Waals surface area contributed by atoms with Gasteiger partial charge in [0.15, 0.2) is 0 Å². The van der Waals surface area contributed by atoms with Crippen molar-refractivity contribution < 1.29 is 13.9 Å². The second-order valence-electron chi connectivity index (χ2n) is 9.05. The number of aromatic nitrogens is 3. The lowest BCUT2D eigenvalue weighted by molar-refractivity contribution is -0.00346. The number of halogens is 2. The van der Waals surface area contributed by atoms with Crippen molar-refractivity contribution in [3.05, 3.63) is 94.2 Å². The smallest absolute Gasteiger partial charge is 0.335 e. The summed E-state index contributed by atoms with van der Waals surface area (Å²) in [6, 6.07) is 10.8. The normalized spacial score (nSPS) is 13.4. The van der Waals surface area contributed by atoms with Crippen molar-refractivity contribution in [2.75, 3.05) is 18.5 Å². The zero-order valence-electron chi connectivity index (χ0n) is 20.7. The molecule has 0 bridgehead atoms. The summed E-state index contributed by atoms with van der Waals surface area (Å²) in [5.41, 5.74) is -0.982. The lowest BCUT2D eigenvalue weighted by Crippen LogP contribution is -2.48. The Bertz CT molecular complexity index is 1810. The van der Waals surface area contributed by atoms with Gasteiger partial charge < -0.3 is 15.4 Å². The quantitative estimate of drug-likeness (QED) is 0.327. The highest BCUT2D eigenvalue weighted by molar-refractivity contribution is 14.1. The third-order valence-corrected chi connectivity index (χ3v) is 7.21. The number of nitrogens with one attached hydrogen (secondary N) is 2. The van der Waals surface area contributed by atoms with E-state index in [1.807, 2.05) is 22.6 Å². The molecule has 2 aromatic carbocycles. The van der Waals surface area contributed by atoms with E-state index in [2.05, 4.69) is 10.6 Å². The van der Waals surface area contributed by atoms with E-state index in [0.717, 1.165) is 4.57 Å². The number of rotatable bonds is 5. The maximum Gasteiger partial charge on any atom is 0.335 e. The monoisotopic (exact) mass is 631 g/mol. The van der Waals surface area contributed by atoms with Crippen molar-refractivity contribution in [1.29, 1.82) is 0 Å². The van der Waals surface area contributed by atoms with Crippen LogP contribution in [-0.4, -0.2) is 38.9 Å². The molecule has 0 radical (unpaired) electrons. The number of nitrogens with zero attached hydrogens (tertiary/aromatic N) is 3. The van der Waals surface area contributed by atoms with Crippen LogP contribution in [0.15, 0.2) is 56.8 Å². The molecule has 2 N–H and O–H groups in total. The van der Waals surface area contributed by atoms with E-state index in [1.54, 1.807) is 24.3 Å². The summed E-state index contributed by atoms with van der Waals surface area (Å²) < 4.78 is 23.9. The Morgan fingerprint density at radius 3 is 2.45 bits per heavy atom. The van der Waals surface area contributed by atoms with Gasteiger partial charge in [-0.1, -0.05) is 6.07 Å². The molecule has 0 aliphatic carbocycles. The molecular weight excluding hydrogens is 608 g/mol. The van der Waals surface area contributed by atoms with Crippen molar-refractivity contribution in [3.63, 3.8) is 0 Å². The number of ether oxygens (including phenoxy) is 1. The number of carbonyl (C=O) groups excluding carboxylic acids is 1. The zero-order chi connectivity index (χ0) is 27.3. The molecule has 1 amide bonds. The molecule has 1 aliphatic rings. The standard InChI is InChI=1S/C26H23FIN5O5/c1-13-21-20(22(31(2)24(13)35)30-19-8-7-15(28)10-18(19)27)25(36)32(3)26(37)33(21)17-6-4-5-14(9-17)23(34)29-16-11-38-12-16/h4-10,16,30H,11-12H2,1-3H3,(H,29,34). The van der Waals surface area contributed by atoms with Crippen LogP contribution in [0.25, 0.3) is 16.6 Å². The van der Waals surface area contributed by atoms with E-state index >= 15 is 0 Å². The van der Waals surface area contributed by atoms with Gasteiger partial charge in [0.05, 0.1) is 36.1 Å².